The molecule has 0 unspecified atom stereocenters. The molecule has 9 rings (SSSR count). The molecule has 3 nitrogen and oxygen atoms in total. The molecule has 4 heteroatoms. The maximum absolute atomic E-state index is 6.78. The molecule has 0 atom stereocenters. The van der Waals surface area contributed by atoms with Crippen molar-refractivity contribution < 1.29 is 13.8 Å². The summed E-state index contributed by atoms with van der Waals surface area (Å²) >= 11 is 0. The van der Waals surface area contributed by atoms with Crippen LogP contribution in [0.15, 0.2) is 108 Å². The van der Waals surface area contributed by atoms with Gasteiger partial charge in [-0.1, -0.05) is 97.1 Å². The number of benzene rings is 5. The van der Waals surface area contributed by atoms with Gasteiger partial charge in [0, 0.05) is 16.3 Å². The number of ether oxygens (including phenoxy) is 1. The van der Waals surface area contributed by atoms with Gasteiger partial charge in [-0.05, 0) is 78.2 Å². The van der Waals surface area contributed by atoms with Gasteiger partial charge in [0.2, 0.25) is 0 Å². The van der Waals surface area contributed by atoms with Crippen LogP contribution in [-0.2, 0) is 14.8 Å². The third kappa shape index (κ3) is 2.89. The normalized spacial score (nSPS) is 18.7. The second-order valence-corrected chi connectivity index (χ2v) is 13.0. The van der Waals surface area contributed by atoms with Gasteiger partial charge in [-0.3, -0.25) is 0 Å². The predicted molar refractivity (Wildman–Crippen MR) is 171 cm³/mol. The zero-order valence-electron chi connectivity index (χ0n) is 24.3. The average molecular weight is 546 g/mol. The first-order valence-corrected chi connectivity index (χ1v) is 14.9. The Bertz CT molecular complexity index is 2050. The third-order valence-electron chi connectivity index (χ3n) is 10.5. The highest BCUT2D eigenvalue weighted by atomic mass is 16.6. The van der Waals surface area contributed by atoms with Crippen molar-refractivity contribution in [2.45, 2.75) is 44.3 Å². The van der Waals surface area contributed by atoms with Gasteiger partial charge in [-0.2, -0.15) is 0 Å². The molecule has 0 saturated carbocycles. The number of fused-ring (bicyclic) bond motifs is 14. The molecule has 0 bridgehead atoms. The smallest absolute Gasteiger partial charge is 0.354 e. The van der Waals surface area contributed by atoms with Crippen LogP contribution in [0.5, 0.6) is 0 Å². The molecule has 1 saturated heterocycles. The lowest BCUT2D eigenvalue weighted by Crippen LogP contribution is -2.61. The maximum atomic E-state index is 6.78. The van der Waals surface area contributed by atoms with Gasteiger partial charge in [0.25, 0.3) is 0 Å². The summed E-state index contributed by atoms with van der Waals surface area (Å²) in [5.74, 6) is 0. The van der Waals surface area contributed by atoms with Crippen molar-refractivity contribution in [3.8, 4) is 22.3 Å². The first kappa shape index (κ1) is 24.5. The van der Waals surface area contributed by atoms with Crippen LogP contribution in [0.4, 0.5) is 0 Å². The summed E-state index contributed by atoms with van der Waals surface area (Å²) in [6, 6.07) is 37.8. The third-order valence-corrected chi connectivity index (χ3v) is 10.5. The van der Waals surface area contributed by atoms with Crippen LogP contribution in [-0.4, -0.2) is 24.6 Å². The van der Waals surface area contributed by atoms with E-state index in [2.05, 4.69) is 131 Å². The van der Waals surface area contributed by atoms with Gasteiger partial charge >= 0.3 is 6.92 Å². The Balaban J connectivity index is 1.29. The fourth-order valence-corrected chi connectivity index (χ4v) is 7.78. The fraction of sp³-hybridized carbons (Fsp3) is 0.211. The van der Waals surface area contributed by atoms with Gasteiger partial charge in [-0.25, -0.2) is 0 Å². The summed E-state index contributed by atoms with van der Waals surface area (Å²) in [6.07, 6.45) is 0. The number of hydrogen-bond donors (Lipinski definition) is 0. The van der Waals surface area contributed by atoms with Crippen molar-refractivity contribution in [2.75, 3.05) is 6.51 Å². The molecule has 2 heterocycles. The molecule has 0 radical (unpaired) electrons. The number of rotatable bonds is 1. The van der Waals surface area contributed by atoms with Crippen LogP contribution in [0, 0.1) is 0 Å². The van der Waals surface area contributed by atoms with E-state index in [1.807, 2.05) is 0 Å². The Hall–Kier alpha value is -4.12. The second-order valence-electron chi connectivity index (χ2n) is 13.0. The molecular weight excluding hydrogens is 515 g/mol. The molecular formula is C38H31BO3. The Morgan fingerprint density at radius 3 is 1.88 bits per heavy atom. The van der Waals surface area contributed by atoms with Gasteiger partial charge in [-0.15, -0.1) is 0 Å². The van der Waals surface area contributed by atoms with Crippen LogP contribution < -0.4 is 5.46 Å². The lowest BCUT2D eigenvalue weighted by atomic mass is 9.59. The predicted octanol–water partition coefficient (Wildman–Crippen LogP) is 8.27. The van der Waals surface area contributed by atoms with Gasteiger partial charge in [0.05, 0.1) is 23.1 Å². The highest BCUT2D eigenvalue weighted by molar-refractivity contribution is 6.67. The SMILES string of the molecule is CC1(C)OCB(c2ccc3oc4c5c(ccc4c3c2)C2(c3ccccc3-c3ccccc32)c2ccccc2-5)OC1(C)C. The van der Waals surface area contributed by atoms with Crippen molar-refractivity contribution in [3.05, 3.63) is 125 Å². The van der Waals surface area contributed by atoms with Gasteiger partial charge in [0.15, 0.2) is 0 Å². The summed E-state index contributed by atoms with van der Waals surface area (Å²) in [5.41, 5.74) is 12.2. The van der Waals surface area contributed by atoms with Crippen molar-refractivity contribution in [3.63, 3.8) is 0 Å². The van der Waals surface area contributed by atoms with E-state index < -0.39 is 5.60 Å². The molecule has 1 aliphatic heterocycles. The molecule has 204 valence electrons. The van der Waals surface area contributed by atoms with E-state index in [1.165, 1.54) is 44.5 Å². The molecule has 6 aromatic rings. The minimum absolute atomic E-state index is 0.132. The lowest BCUT2D eigenvalue weighted by Gasteiger charge is -2.47. The summed E-state index contributed by atoms with van der Waals surface area (Å²) < 4.78 is 19.7. The summed E-state index contributed by atoms with van der Waals surface area (Å²) in [4.78, 5) is 0. The lowest BCUT2D eigenvalue weighted by molar-refractivity contribution is -0.152. The van der Waals surface area contributed by atoms with E-state index in [1.54, 1.807) is 0 Å². The summed E-state index contributed by atoms with van der Waals surface area (Å²) in [5, 5.41) is 2.25. The Labute approximate surface area is 246 Å². The van der Waals surface area contributed by atoms with E-state index in [0.717, 1.165) is 27.4 Å². The molecule has 1 fully saturated rings. The van der Waals surface area contributed by atoms with E-state index in [0.29, 0.717) is 6.51 Å². The number of hydrogen-bond acceptors (Lipinski definition) is 3. The summed E-state index contributed by atoms with van der Waals surface area (Å²) in [6.45, 7) is 8.82. The minimum Gasteiger partial charge on any atom is -0.455 e. The topological polar surface area (TPSA) is 31.6 Å². The molecule has 3 aliphatic rings. The van der Waals surface area contributed by atoms with Crippen LogP contribution in [0.25, 0.3) is 44.2 Å². The molecule has 1 spiro atoms. The van der Waals surface area contributed by atoms with Crippen molar-refractivity contribution in [2.24, 2.45) is 0 Å². The van der Waals surface area contributed by atoms with Crippen molar-refractivity contribution in [1.82, 2.24) is 0 Å². The van der Waals surface area contributed by atoms with Gasteiger partial charge < -0.3 is 13.8 Å². The van der Waals surface area contributed by atoms with E-state index in [4.69, 9.17) is 13.8 Å². The van der Waals surface area contributed by atoms with Gasteiger partial charge in [0.1, 0.15) is 11.2 Å². The molecule has 0 N–H and O–H groups in total. The quantitative estimate of drug-likeness (QED) is 0.194. The first-order chi connectivity index (χ1) is 20.3. The highest BCUT2D eigenvalue weighted by Gasteiger charge is 2.52. The fourth-order valence-electron chi connectivity index (χ4n) is 7.78. The Morgan fingerprint density at radius 1 is 0.595 bits per heavy atom. The van der Waals surface area contributed by atoms with Crippen LogP contribution >= 0.6 is 0 Å². The van der Waals surface area contributed by atoms with E-state index >= 15 is 0 Å². The average Bonchev–Trinajstić information content (AvgIpc) is 3.62. The molecule has 42 heavy (non-hydrogen) atoms. The Kier molecular flexibility index (Phi) is 4.68. The molecule has 1 aromatic heterocycles. The van der Waals surface area contributed by atoms with E-state index in [-0.39, 0.29) is 17.9 Å². The largest absolute Gasteiger partial charge is 0.455 e. The van der Waals surface area contributed by atoms with Crippen molar-refractivity contribution in [1.29, 1.82) is 0 Å². The summed E-state index contributed by atoms with van der Waals surface area (Å²) in [7, 11) is 0. The molecule has 5 aromatic carbocycles. The van der Waals surface area contributed by atoms with Crippen LogP contribution in [0.1, 0.15) is 49.9 Å². The minimum atomic E-state index is -0.407. The number of furan rings is 1. The standard InChI is InChI=1S/C38H31BO3/c1-36(2)37(3,4)42-39(22-40-36)23-17-20-33-28(21-23)26-18-19-32-34(35(26)41-33)27-13-7-10-16-31(27)38(32)29-14-8-5-11-24(29)25-12-6-9-15-30(25)38/h5-21H,22H2,1-4H3. The first-order valence-electron chi connectivity index (χ1n) is 14.9. The van der Waals surface area contributed by atoms with Crippen LogP contribution in [0.3, 0.4) is 0 Å². The molecule has 2 aliphatic carbocycles. The zero-order valence-corrected chi connectivity index (χ0v) is 24.3. The van der Waals surface area contributed by atoms with Crippen molar-refractivity contribution >= 4 is 34.3 Å². The highest BCUT2D eigenvalue weighted by Crippen LogP contribution is 2.63. The zero-order chi connectivity index (χ0) is 28.4. The Morgan fingerprint density at radius 2 is 1.21 bits per heavy atom. The van der Waals surface area contributed by atoms with Crippen LogP contribution in [0.2, 0.25) is 0 Å². The van der Waals surface area contributed by atoms with E-state index in [9.17, 15) is 0 Å². The monoisotopic (exact) mass is 546 g/mol. The maximum Gasteiger partial charge on any atom is 0.354 e. The second kappa shape index (κ2) is 8.04. The molecule has 0 amide bonds.